The van der Waals surface area contributed by atoms with E-state index in [-0.39, 0.29) is 44.2 Å². The molecule has 2 saturated heterocycles. The van der Waals surface area contributed by atoms with Gasteiger partial charge in [-0.1, -0.05) is 36.4 Å². The number of hydrogen-bond donors (Lipinski definition) is 1. The summed E-state index contributed by atoms with van der Waals surface area (Å²) < 4.78 is 109. The Balaban J connectivity index is 0.974. The minimum Gasteiger partial charge on any atom is -0.465 e. The minimum atomic E-state index is -5.14. The van der Waals surface area contributed by atoms with Crippen molar-refractivity contribution in [2.45, 2.75) is 68.0 Å². The number of unbranched alkanes of at least 4 members (excludes halogenated alkanes) is 1. The van der Waals surface area contributed by atoms with Gasteiger partial charge in [0.1, 0.15) is 31.0 Å². The van der Waals surface area contributed by atoms with Gasteiger partial charge in [-0.05, 0) is 123 Å². The molecule has 0 unspecified atom stereocenters. The molecule has 11 nitrogen and oxygen atoms in total. The van der Waals surface area contributed by atoms with Crippen molar-refractivity contribution in [1.82, 2.24) is 14.7 Å². The molecule has 0 saturated carbocycles. The van der Waals surface area contributed by atoms with Crippen molar-refractivity contribution in [2.24, 2.45) is 0 Å². The number of benzene rings is 4. The molecule has 2 heterocycles. The van der Waals surface area contributed by atoms with Crippen LogP contribution in [-0.2, 0) is 44.1 Å². The number of likely N-dealkylation sites (N-methyl/N-ethyl adjacent to an activating group) is 1. The molecule has 1 spiro atoms. The number of amides is 3. The molecule has 66 heavy (non-hydrogen) atoms. The summed E-state index contributed by atoms with van der Waals surface area (Å²) in [6, 6.07) is 20.5. The molecular weight excluding hydrogens is 878 g/mol. The maximum atomic E-state index is 14.1. The van der Waals surface area contributed by atoms with Crippen LogP contribution in [0, 0.1) is 5.82 Å². The number of carboxylic acid groups (broad SMARTS) is 1. The predicted molar refractivity (Wildman–Crippen MR) is 227 cm³/mol. The Morgan fingerprint density at radius 1 is 0.879 bits per heavy atom. The van der Waals surface area contributed by atoms with Crippen LogP contribution >= 0.6 is 0 Å². The maximum Gasteiger partial charge on any atom is 0.416 e. The van der Waals surface area contributed by atoms with E-state index in [0.29, 0.717) is 93.5 Å². The van der Waals surface area contributed by atoms with Crippen molar-refractivity contribution >= 4 is 29.9 Å². The van der Waals surface area contributed by atoms with Gasteiger partial charge in [0, 0.05) is 48.9 Å². The molecule has 2 aliphatic heterocycles. The second-order valence-electron chi connectivity index (χ2n) is 17.1. The van der Waals surface area contributed by atoms with E-state index < -0.39 is 64.6 Å². The topological polar surface area (TPSA) is 120 Å². The zero-order chi connectivity index (χ0) is 47.4. The minimum absolute atomic E-state index is 0.0362. The molecule has 4 aromatic rings. The lowest BCUT2D eigenvalue weighted by Crippen LogP contribution is -2.50. The van der Waals surface area contributed by atoms with Gasteiger partial charge < -0.3 is 29.3 Å². The first-order chi connectivity index (χ1) is 31.3. The summed E-state index contributed by atoms with van der Waals surface area (Å²) in [6.07, 6.45) is -7.82. The summed E-state index contributed by atoms with van der Waals surface area (Å²) in [5.41, 5.74) is -2.03. The highest BCUT2D eigenvalue weighted by Gasteiger charge is 2.50. The molecule has 1 N–H and O–H groups in total. The van der Waals surface area contributed by atoms with Crippen LogP contribution in [0.1, 0.15) is 80.6 Å². The number of alkyl halides is 6. The zero-order valence-electron chi connectivity index (χ0n) is 36.0. The fraction of sp³-hybridized carbons (Fsp3) is 0.417. The second kappa shape index (κ2) is 19.5. The standard InChI is InChI=1S/C48H49F7N4O7/c1-56(19-4-5-20-59(44(63)64)39-14-8-32(28-60)9-15-39)42(61)29-65-41-26-33-6-2-3-7-40(33)45(41)16-21-57(22-17-45)23-18-46(35-10-12-38(49)13-11-35)30-58(31-66-46)43(62)34-24-36(47(50,51)52)27-37(25-34)48(53,54)55/h2-3,6-15,24-25,27-28,41H,4-5,16-23,26,29-31H2,1H3,(H,63,64)/t41-,46+/m0/s1. The van der Waals surface area contributed by atoms with Crippen LogP contribution in [0.3, 0.4) is 0 Å². The van der Waals surface area contributed by atoms with E-state index in [4.69, 9.17) is 9.47 Å². The van der Waals surface area contributed by atoms with E-state index in [1.54, 1.807) is 36.2 Å². The van der Waals surface area contributed by atoms with E-state index in [1.807, 2.05) is 12.1 Å². The third-order valence-electron chi connectivity index (χ3n) is 13.1. The normalized spacial score (nSPS) is 19.5. The van der Waals surface area contributed by atoms with Crippen LogP contribution in [0.4, 0.5) is 41.2 Å². The fourth-order valence-electron chi connectivity index (χ4n) is 9.39. The van der Waals surface area contributed by atoms with Crippen LogP contribution in [0.25, 0.3) is 0 Å². The third-order valence-corrected chi connectivity index (χ3v) is 13.1. The van der Waals surface area contributed by atoms with Crippen LogP contribution in [0.15, 0.2) is 91.0 Å². The molecule has 0 radical (unpaired) electrons. The number of halogens is 7. The van der Waals surface area contributed by atoms with Crippen molar-refractivity contribution in [1.29, 1.82) is 0 Å². The van der Waals surface area contributed by atoms with Crippen LogP contribution in [0.2, 0.25) is 0 Å². The van der Waals surface area contributed by atoms with E-state index in [2.05, 4.69) is 17.0 Å². The lowest BCUT2D eigenvalue weighted by Gasteiger charge is -2.44. The molecule has 352 valence electrons. The molecule has 4 aromatic carbocycles. The van der Waals surface area contributed by atoms with Crippen molar-refractivity contribution < 1.29 is 64.5 Å². The first kappa shape index (κ1) is 48.1. The maximum absolute atomic E-state index is 14.1. The van der Waals surface area contributed by atoms with Gasteiger partial charge in [0.25, 0.3) is 5.91 Å². The fourth-order valence-corrected chi connectivity index (χ4v) is 9.39. The molecule has 3 amide bonds. The molecular formula is C48H49F7N4O7. The third kappa shape index (κ3) is 10.6. The van der Waals surface area contributed by atoms with Crippen molar-refractivity contribution in [2.75, 3.05) is 64.6 Å². The molecule has 1 aliphatic carbocycles. The molecule has 3 aliphatic rings. The van der Waals surface area contributed by atoms with E-state index >= 15 is 0 Å². The summed E-state index contributed by atoms with van der Waals surface area (Å²) in [5, 5.41) is 9.74. The van der Waals surface area contributed by atoms with Gasteiger partial charge >= 0.3 is 18.4 Å². The lowest BCUT2D eigenvalue weighted by atomic mass is 9.72. The number of piperidine rings is 1. The molecule has 7 rings (SSSR count). The van der Waals surface area contributed by atoms with Gasteiger partial charge in [-0.15, -0.1) is 0 Å². The Hall–Kier alpha value is -5.85. The number of rotatable bonds is 15. The number of likely N-dealkylation sites (tertiary alicyclic amines) is 1. The van der Waals surface area contributed by atoms with E-state index in [0.717, 1.165) is 16.0 Å². The highest BCUT2D eigenvalue weighted by atomic mass is 19.4. The average molecular weight is 927 g/mol. The van der Waals surface area contributed by atoms with Crippen LogP contribution in [-0.4, -0.2) is 110 Å². The van der Waals surface area contributed by atoms with Gasteiger partial charge in [-0.25, -0.2) is 9.18 Å². The Morgan fingerprint density at radius 3 is 2.14 bits per heavy atom. The number of nitrogens with zero attached hydrogens (tertiary/aromatic N) is 4. The Labute approximate surface area is 376 Å². The zero-order valence-corrected chi connectivity index (χ0v) is 36.0. The van der Waals surface area contributed by atoms with E-state index in [9.17, 15) is 55.0 Å². The highest BCUT2D eigenvalue weighted by molar-refractivity contribution is 5.95. The van der Waals surface area contributed by atoms with Crippen molar-refractivity contribution in [3.8, 4) is 0 Å². The van der Waals surface area contributed by atoms with Crippen LogP contribution < -0.4 is 4.90 Å². The van der Waals surface area contributed by atoms with Gasteiger partial charge in [0.05, 0.1) is 23.8 Å². The van der Waals surface area contributed by atoms with Gasteiger partial charge in [-0.2, -0.15) is 26.3 Å². The summed E-state index contributed by atoms with van der Waals surface area (Å²) in [5.74, 6) is -1.83. The Bertz CT molecular complexity index is 2360. The monoisotopic (exact) mass is 926 g/mol. The van der Waals surface area contributed by atoms with Gasteiger partial charge in [0.15, 0.2) is 0 Å². The Kier molecular flexibility index (Phi) is 14.2. The molecule has 2 fully saturated rings. The summed E-state index contributed by atoms with van der Waals surface area (Å²) in [4.78, 5) is 55.9. The lowest BCUT2D eigenvalue weighted by molar-refractivity contribution is -0.143. The largest absolute Gasteiger partial charge is 0.465 e. The number of anilines is 1. The number of aldehydes is 1. The average Bonchev–Trinajstić information content (AvgIpc) is 3.87. The van der Waals surface area contributed by atoms with Gasteiger partial charge in [-0.3, -0.25) is 19.3 Å². The predicted octanol–water partition coefficient (Wildman–Crippen LogP) is 8.79. The number of carbonyl (C=O) groups excluding carboxylic acids is 3. The van der Waals surface area contributed by atoms with E-state index in [1.165, 1.54) is 29.2 Å². The first-order valence-electron chi connectivity index (χ1n) is 21.5. The summed E-state index contributed by atoms with van der Waals surface area (Å²) in [7, 11) is 1.67. The number of ether oxygens (including phenoxy) is 2. The number of hydrogen-bond acceptors (Lipinski definition) is 7. The smallest absolute Gasteiger partial charge is 0.416 e. The molecule has 18 heteroatoms. The highest BCUT2D eigenvalue weighted by Crippen LogP contribution is 2.48. The molecule has 0 bridgehead atoms. The van der Waals surface area contributed by atoms with Crippen LogP contribution in [0.5, 0.6) is 0 Å². The quantitative estimate of drug-likeness (QED) is 0.0715. The summed E-state index contributed by atoms with van der Waals surface area (Å²) in [6.45, 7) is 1.40. The summed E-state index contributed by atoms with van der Waals surface area (Å²) >= 11 is 0. The van der Waals surface area contributed by atoms with Gasteiger partial charge in [0.2, 0.25) is 5.91 Å². The molecule has 0 aromatic heterocycles. The molecule has 2 atom stereocenters. The second-order valence-corrected chi connectivity index (χ2v) is 17.1. The van der Waals surface area contributed by atoms with Crippen molar-refractivity contribution in [3.05, 3.63) is 136 Å². The number of fused-ring (bicyclic) bond motifs is 2. The Morgan fingerprint density at radius 2 is 1.52 bits per heavy atom. The SMILES string of the molecule is CN(CCCCN(C(=O)O)c1ccc(C=O)cc1)C(=O)CO[C@H]1Cc2ccccc2C12CCN(CC[C@]1(c3ccc(F)cc3)CN(C(=O)c3cc(C(F)(F)F)cc(C(F)(F)F)c3)CO1)CC2. The number of carbonyl (C=O) groups is 4. The first-order valence-corrected chi connectivity index (χ1v) is 21.5. The van der Waals surface area contributed by atoms with Crippen molar-refractivity contribution in [3.63, 3.8) is 0 Å².